The second-order valence-electron chi connectivity index (χ2n) is 5.55. The molecule has 0 saturated carbocycles. The van der Waals surface area contributed by atoms with E-state index >= 15 is 0 Å². The van der Waals surface area contributed by atoms with Crippen LogP contribution in [0.4, 0.5) is 0 Å². The maximum Gasteiger partial charge on any atom is 0.190 e. The lowest BCUT2D eigenvalue weighted by Crippen LogP contribution is -2.44. The Morgan fingerprint density at radius 1 is 1.24 bits per heavy atom. The van der Waals surface area contributed by atoms with Crippen molar-refractivity contribution in [1.82, 2.24) is 0 Å². The largest absolute Gasteiger partial charge is 0.388 e. The molecular weight excluding hydrogens is 276 g/mol. The quantitative estimate of drug-likeness (QED) is 0.533. The topological polar surface area (TPSA) is 66.4 Å². The van der Waals surface area contributed by atoms with Gasteiger partial charge in [0, 0.05) is 0 Å². The number of aliphatic hydroxyl groups excluding tert-OH is 1. The summed E-state index contributed by atoms with van der Waals surface area (Å²) in [6.45, 7) is 11.7. The van der Waals surface area contributed by atoms with E-state index in [9.17, 15) is 5.11 Å². The molecule has 21 heavy (non-hydrogen) atoms. The summed E-state index contributed by atoms with van der Waals surface area (Å²) in [5.74, 6) is -0.722. The van der Waals surface area contributed by atoms with Gasteiger partial charge in [-0.15, -0.1) is 13.2 Å². The maximum absolute atomic E-state index is 10.2. The van der Waals surface area contributed by atoms with Crippen molar-refractivity contribution < 1.29 is 28.8 Å². The smallest absolute Gasteiger partial charge is 0.190 e. The molecule has 0 amide bonds. The molecule has 0 aromatic rings. The fourth-order valence-electron chi connectivity index (χ4n) is 2.55. The van der Waals surface area contributed by atoms with E-state index in [1.807, 2.05) is 13.8 Å². The Bertz CT molecular complexity index is 369. The van der Waals surface area contributed by atoms with Crippen molar-refractivity contribution in [3.05, 3.63) is 25.3 Å². The van der Waals surface area contributed by atoms with Crippen LogP contribution in [-0.4, -0.2) is 61.4 Å². The van der Waals surface area contributed by atoms with Crippen LogP contribution in [0.2, 0.25) is 0 Å². The Morgan fingerprint density at radius 3 is 2.62 bits per heavy atom. The molecule has 2 heterocycles. The Balaban J connectivity index is 2.00. The van der Waals surface area contributed by atoms with Crippen LogP contribution in [0.3, 0.4) is 0 Å². The normalized spacial score (nSPS) is 35.4. The third-order valence-electron chi connectivity index (χ3n) is 3.34. The predicted octanol–water partition coefficient (Wildman–Crippen LogP) is 0.997. The SMILES string of the molecule is C=CCOC[C@@H](O)[C@H]1O[C@@H]2OC(C)(C)O[C@@H]2[C@H]1OCC=C. The van der Waals surface area contributed by atoms with Gasteiger partial charge in [-0.2, -0.15) is 0 Å². The molecule has 0 aliphatic carbocycles. The second-order valence-corrected chi connectivity index (χ2v) is 5.55. The maximum atomic E-state index is 10.2. The van der Waals surface area contributed by atoms with Crippen molar-refractivity contribution in [3.63, 3.8) is 0 Å². The van der Waals surface area contributed by atoms with Crippen molar-refractivity contribution in [2.45, 2.75) is 50.3 Å². The van der Waals surface area contributed by atoms with Gasteiger partial charge in [0.05, 0.1) is 19.8 Å². The summed E-state index contributed by atoms with van der Waals surface area (Å²) in [5.41, 5.74) is 0. The Labute approximate surface area is 125 Å². The van der Waals surface area contributed by atoms with Crippen molar-refractivity contribution >= 4 is 0 Å². The molecule has 0 radical (unpaired) electrons. The van der Waals surface area contributed by atoms with E-state index in [-0.39, 0.29) is 12.7 Å². The van der Waals surface area contributed by atoms with Crippen LogP contribution < -0.4 is 0 Å². The molecular formula is C15H24O6. The van der Waals surface area contributed by atoms with Crippen molar-refractivity contribution in [3.8, 4) is 0 Å². The van der Waals surface area contributed by atoms with E-state index in [0.29, 0.717) is 13.2 Å². The summed E-state index contributed by atoms with van der Waals surface area (Å²) in [5, 5.41) is 10.2. The third kappa shape index (κ3) is 3.91. The van der Waals surface area contributed by atoms with Gasteiger partial charge in [-0.05, 0) is 13.8 Å². The Kier molecular flexibility index (Phi) is 5.54. The van der Waals surface area contributed by atoms with Crippen molar-refractivity contribution in [2.75, 3.05) is 19.8 Å². The number of hydrogen-bond acceptors (Lipinski definition) is 6. The first-order chi connectivity index (χ1) is 9.98. The van der Waals surface area contributed by atoms with Crippen LogP contribution in [0.5, 0.6) is 0 Å². The minimum atomic E-state index is -0.833. The molecule has 6 heteroatoms. The molecule has 2 rings (SSSR count). The van der Waals surface area contributed by atoms with Crippen molar-refractivity contribution in [2.24, 2.45) is 0 Å². The van der Waals surface area contributed by atoms with E-state index in [4.69, 9.17) is 23.7 Å². The molecule has 0 spiro atoms. The minimum Gasteiger partial charge on any atom is -0.388 e. The van der Waals surface area contributed by atoms with E-state index in [0.717, 1.165) is 0 Å². The van der Waals surface area contributed by atoms with Gasteiger partial charge in [0.15, 0.2) is 12.1 Å². The lowest BCUT2D eigenvalue weighted by molar-refractivity contribution is -0.231. The van der Waals surface area contributed by atoms with Gasteiger partial charge in [-0.25, -0.2) is 0 Å². The lowest BCUT2D eigenvalue weighted by atomic mass is 10.1. The summed E-state index contributed by atoms with van der Waals surface area (Å²) in [7, 11) is 0. The molecule has 0 bridgehead atoms. The van der Waals surface area contributed by atoms with Crippen LogP contribution in [0.25, 0.3) is 0 Å². The number of aliphatic hydroxyl groups is 1. The molecule has 5 atom stereocenters. The number of fused-ring (bicyclic) bond motifs is 1. The molecule has 2 fully saturated rings. The first-order valence-electron chi connectivity index (χ1n) is 7.09. The summed E-state index contributed by atoms with van der Waals surface area (Å²) in [4.78, 5) is 0. The van der Waals surface area contributed by atoms with Gasteiger partial charge < -0.3 is 28.8 Å². The highest BCUT2D eigenvalue weighted by atomic mass is 16.8. The van der Waals surface area contributed by atoms with E-state index in [1.165, 1.54) is 0 Å². The van der Waals surface area contributed by atoms with E-state index < -0.39 is 30.4 Å². The van der Waals surface area contributed by atoms with Crippen LogP contribution in [0.15, 0.2) is 25.3 Å². The molecule has 0 unspecified atom stereocenters. The molecule has 2 saturated heterocycles. The van der Waals surface area contributed by atoms with Gasteiger partial charge in [-0.1, -0.05) is 12.2 Å². The molecule has 2 aliphatic rings. The van der Waals surface area contributed by atoms with Crippen molar-refractivity contribution in [1.29, 1.82) is 0 Å². The standard InChI is InChI=1S/C15H24O6/c1-5-7-17-9-10(16)11-12(18-8-6-2)13-14(19-11)21-15(3,4)20-13/h5-6,10-14,16H,1-2,7-9H2,3-4H3/t10-,11-,12+,13-,14-/m1/s1. The fraction of sp³-hybridized carbons (Fsp3) is 0.733. The molecule has 120 valence electrons. The number of hydrogen-bond donors (Lipinski definition) is 1. The number of ether oxygens (including phenoxy) is 5. The van der Waals surface area contributed by atoms with Crippen LogP contribution in [0.1, 0.15) is 13.8 Å². The highest BCUT2D eigenvalue weighted by molar-refractivity contribution is 4.97. The fourth-order valence-corrected chi connectivity index (χ4v) is 2.55. The summed E-state index contributed by atoms with van der Waals surface area (Å²) >= 11 is 0. The van der Waals surface area contributed by atoms with Gasteiger partial charge in [0.2, 0.25) is 0 Å². The average Bonchev–Trinajstić information content (AvgIpc) is 2.88. The first kappa shape index (κ1) is 16.6. The lowest BCUT2D eigenvalue weighted by Gasteiger charge is -2.28. The molecule has 0 aromatic carbocycles. The highest BCUT2D eigenvalue weighted by Crippen LogP contribution is 2.39. The third-order valence-corrected chi connectivity index (χ3v) is 3.34. The van der Waals surface area contributed by atoms with Gasteiger partial charge >= 0.3 is 0 Å². The molecule has 2 aliphatic heterocycles. The van der Waals surface area contributed by atoms with Gasteiger partial charge in [0.1, 0.15) is 24.4 Å². The van der Waals surface area contributed by atoms with E-state index in [2.05, 4.69) is 13.2 Å². The van der Waals surface area contributed by atoms with E-state index in [1.54, 1.807) is 12.2 Å². The first-order valence-corrected chi connectivity index (χ1v) is 7.09. The predicted molar refractivity (Wildman–Crippen MR) is 75.7 cm³/mol. The zero-order valence-corrected chi connectivity index (χ0v) is 12.6. The zero-order chi connectivity index (χ0) is 15.5. The van der Waals surface area contributed by atoms with Crippen LogP contribution >= 0.6 is 0 Å². The average molecular weight is 300 g/mol. The molecule has 1 N–H and O–H groups in total. The Hall–Kier alpha value is -0.760. The Morgan fingerprint density at radius 2 is 1.95 bits per heavy atom. The highest BCUT2D eigenvalue weighted by Gasteiger charge is 2.56. The summed E-state index contributed by atoms with van der Waals surface area (Å²) in [6.07, 6.45) is 0.509. The van der Waals surface area contributed by atoms with Gasteiger partial charge in [-0.3, -0.25) is 0 Å². The second kappa shape index (κ2) is 7.00. The summed E-state index contributed by atoms with van der Waals surface area (Å²) in [6, 6.07) is 0. The zero-order valence-electron chi connectivity index (χ0n) is 12.6. The van der Waals surface area contributed by atoms with Gasteiger partial charge in [0.25, 0.3) is 0 Å². The number of rotatable bonds is 8. The summed E-state index contributed by atoms with van der Waals surface area (Å²) < 4.78 is 28.2. The van der Waals surface area contributed by atoms with Crippen LogP contribution in [0, 0.1) is 0 Å². The molecule has 6 nitrogen and oxygen atoms in total. The van der Waals surface area contributed by atoms with Crippen LogP contribution in [-0.2, 0) is 23.7 Å². The monoisotopic (exact) mass is 300 g/mol. The molecule has 0 aromatic heterocycles. The minimum absolute atomic E-state index is 0.132.